The first-order chi connectivity index (χ1) is 16.7. The zero-order valence-corrected chi connectivity index (χ0v) is 20.6. The van der Waals surface area contributed by atoms with Crippen molar-refractivity contribution in [2.24, 2.45) is 0 Å². The zero-order valence-electron chi connectivity index (χ0n) is 19.0. The van der Waals surface area contributed by atoms with Gasteiger partial charge in [-0.25, -0.2) is 9.78 Å². The Balaban J connectivity index is 0.00000289. The number of esters is 1. The van der Waals surface area contributed by atoms with E-state index >= 15 is 0 Å². The number of thioether (sulfide) groups is 1. The van der Waals surface area contributed by atoms with E-state index in [-0.39, 0.29) is 30.7 Å². The monoisotopic (exact) mass is 502 g/mol. The van der Waals surface area contributed by atoms with Crippen LogP contribution in [-0.2, 0) is 14.3 Å². The van der Waals surface area contributed by atoms with Crippen LogP contribution < -0.4 is 4.90 Å². The summed E-state index contributed by atoms with van der Waals surface area (Å²) in [6, 6.07) is 27.7. The van der Waals surface area contributed by atoms with Crippen molar-refractivity contribution in [3.05, 3.63) is 96.0 Å². The third kappa shape index (κ3) is 4.81. The first kappa shape index (κ1) is 24.5. The Bertz CT molecular complexity index is 1410. The molecule has 1 aliphatic heterocycles. The van der Waals surface area contributed by atoms with Gasteiger partial charge in [-0.1, -0.05) is 90.6 Å². The summed E-state index contributed by atoms with van der Waals surface area (Å²) in [5.74, 6) is -0.339. The van der Waals surface area contributed by atoms with Crippen LogP contribution in [0.5, 0.6) is 0 Å². The van der Waals surface area contributed by atoms with Crippen LogP contribution in [-0.4, -0.2) is 29.2 Å². The highest BCUT2D eigenvalue weighted by Gasteiger charge is 2.34. The lowest BCUT2D eigenvalue weighted by atomic mass is 9.95. The molecule has 1 aromatic heterocycles. The third-order valence-electron chi connectivity index (χ3n) is 5.54. The Morgan fingerprint density at radius 1 is 0.971 bits per heavy atom. The Hall–Kier alpha value is -3.61. The highest BCUT2D eigenvalue weighted by atomic mass is 35.5. The minimum Gasteiger partial charge on any atom is -0.463 e. The van der Waals surface area contributed by atoms with Gasteiger partial charge in [0.25, 0.3) is 0 Å². The standard InChI is InChI=1S/C28H22N2O3S.ClH/c1-2-33-25(32)17-24-30(23(31)18-34-24)28-26(19-11-5-3-6-12-19)21-15-9-10-16-22(21)29-27(28)20-13-7-4-8-14-20;/h3-17H,2,18H2,1H3;1H/b24-17-;. The Labute approximate surface area is 214 Å². The van der Waals surface area contributed by atoms with E-state index in [1.54, 1.807) is 11.8 Å². The second-order valence-electron chi connectivity index (χ2n) is 7.69. The lowest BCUT2D eigenvalue weighted by Crippen LogP contribution is -2.26. The number of halogens is 1. The van der Waals surface area contributed by atoms with Crippen LogP contribution in [0.4, 0.5) is 5.69 Å². The van der Waals surface area contributed by atoms with Crippen LogP contribution in [0.2, 0.25) is 0 Å². The molecule has 0 N–H and O–H groups in total. The maximum absolute atomic E-state index is 13.3. The SMILES string of the molecule is CCOC(=O)/C=C1\SCC(=O)N1c1c(-c2ccccc2)nc2ccccc2c1-c1ccccc1.Cl. The molecule has 5 rings (SSSR count). The molecule has 35 heavy (non-hydrogen) atoms. The maximum Gasteiger partial charge on any atom is 0.333 e. The smallest absolute Gasteiger partial charge is 0.333 e. The minimum absolute atomic E-state index is 0. The number of ether oxygens (including phenoxy) is 1. The molecule has 1 aliphatic rings. The molecule has 1 saturated heterocycles. The topological polar surface area (TPSA) is 59.5 Å². The van der Waals surface area contributed by atoms with Crippen LogP contribution in [0.3, 0.4) is 0 Å². The Morgan fingerprint density at radius 3 is 2.29 bits per heavy atom. The van der Waals surface area contributed by atoms with E-state index < -0.39 is 5.97 Å². The Morgan fingerprint density at radius 2 is 1.60 bits per heavy atom. The molecule has 0 saturated carbocycles. The summed E-state index contributed by atoms with van der Waals surface area (Å²) in [5.41, 5.74) is 4.94. The number of pyridine rings is 1. The molecular formula is C28H23ClN2O3S. The third-order valence-corrected chi connectivity index (χ3v) is 6.53. The van der Waals surface area contributed by atoms with Gasteiger partial charge in [0.15, 0.2) is 0 Å². The van der Waals surface area contributed by atoms with Crippen molar-refractivity contribution in [1.82, 2.24) is 4.98 Å². The molecule has 1 fully saturated rings. The number of nitrogens with zero attached hydrogens (tertiary/aromatic N) is 2. The number of para-hydroxylation sites is 1. The van der Waals surface area contributed by atoms with Crippen LogP contribution >= 0.6 is 24.2 Å². The average molecular weight is 503 g/mol. The largest absolute Gasteiger partial charge is 0.463 e. The molecule has 0 bridgehead atoms. The summed E-state index contributed by atoms with van der Waals surface area (Å²) in [7, 11) is 0. The summed E-state index contributed by atoms with van der Waals surface area (Å²) < 4.78 is 5.14. The lowest BCUT2D eigenvalue weighted by molar-refractivity contribution is -0.137. The predicted octanol–water partition coefficient (Wildman–Crippen LogP) is 6.47. The minimum atomic E-state index is -0.471. The van der Waals surface area contributed by atoms with Crippen LogP contribution in [0, 0.1) is 0 Å². The summed E-state index contributed by atoms with van der Waals surface area (Å²) in [6.07, 6.45) is 1.40. The van der Waals surface area contributed by atoms with E-state index in [4.69, 9.17) is 9.72 Å². The number of fused-ring (bicyclic) bond motifs is 1. The normalized spacial score (nSPS) is 14.3. The predicted molar refractivity (Wildman–Crippen MR) is 145 cm³/mol. The molecule has 3 aromatic carbocycles. The fourth-order valence-corrected chi connectivity index (χ4v) is 5.03. The van der Waals surface area contributed by atoms with Crippen molar-refractivity contribution in [3.8, 4) is 22.4 Å². The van der Waals surface area contributed by atoms with Crippen LogP contribution in [0.25, 0.3) is 33.3 Å². The quantitative estimate of drug-likeness (QED) is 0.231. The molecule has 0 atom stereocenters. The van der Waals surface area contributed by atoms with Crippen molar-refractivity contribution in [1.29, 1.82) is 0 Å². The van der Waals surface area contributed by atoms with Gasteiger partial charge < -0.3 is 4.74 Å². The number of hydrogen-bond acceptors (Lipinski definition) is 5. The summed E-state index contributed by atoms with van der Waals surface area (Å²) in [4.78, 5) is 32.3. The van der Waals surface area contributed by atoms with Gasteiger partial charge in [-0.05, 0) is 18.6 Å². The van der Waals surface area contributed by atoms with Gasteiger partial charge in [-0.2, -0.15) is 0 Å². The van der Waals surface area contributed by atoms with Crippen molar-refractivity contribution < 1.29 is 14.3 Å². The lowest BCUT2D eigenvalue weighted by Gasteiger charge is -2.25. The highest BCUT2D eigenvalue weighted by Crippen LogP contribution is 2.47. The van der Waals surface area contributed by atoms with Gasteiger partial charge in [0.2, 0.25) is 5.91 Å². The molecule has 0 radical (unpaired) electrons. The Kier molecular flexibility index (Phi) is 7.54. The summed E-state index contributed by atoms with van der Waals surface area (Å²) in [5, 5.41) is 1.47. The molecular weight excluding hydrogens is 480 g/mol. The van der Waals surface area contributed by atoms with E-state index in [1.165, 1.54) is 17.8 Å². The molecule has 1 amide bonds. The highest BCUT2D eigenvalue weighted by molar-refractivity contribution is 8.04. The molecule has 5 nitrogen and oxygen atoms in total. The molecule has 176 valence electrons. The molecule has 2 heterocycles. The molecule has 7 heteroatoms. The number of aromatic nitrogens is 1. The van der Waals surface area contributed by atoms with Gasteiger partial charge in [0, 0.05) is 16.5 Å². The molecule has 0 unspecified atom stereocenters. The van der Waals surface area contributed by atoms with Gasteiger partial charge >= 0.3 is 5.97 Å². The summed E-state index contributed by atoms with van der Waals surface area (Å²) in [6.45, 7) is 2.03. The van der Waals surface area contributed by atoms with E-state index in [1.807, 2.05) is 84.9 Å². The number of hydrogen-bond donors (Lipinski definition) is 0. The number of anilines is 1. The van der Waals surface area contributed by atoms with E-state index in [0.717, 1.165) is 27.6 Å². The van der Waals surface area contributed by atoms with Gasteiger partial charge in [0.05, 0.1) is 40.4 Å². The average Bonchev–Trinajstić information content (AvgIpc) is 3.23. The van der Waals surface area contributed by atoms with Crippen LogP contribution in [0.1, 0.15) is 6.92 Å². The first-order valence-corrected chi connectivity index (χ1v) is 12.0. The fraction of sp³-hybridized carbons (Fsp3) is 0.107. The molecule has 4 aromatic rings. The number of carbonyl (C=O) groups excluding carboxylic acids is 2. The second kappa shape index (κ2) is 10.8. The van der Waals surface area contributed by atoms with Crippen molar-refractivity contribution in [2.45, 2.75) is 6.92 Å². The first-order valence-electron chi connectivity index (χ1n) is 11.0. The van der Waals surface area contributed by atoms with Crippen molar-refractivity contribution in [2.75, 3.05) is 17.3 Å². The van der Waals surface area contributed by atoms with Gasteiger partial charge in [0.1, 0.15) is 0 Å². The number of rotatable bonds is 5. The fourth-order valence-electron chi connectivity index (χ4n) is 4.13. The van der Waals surface area contributed by atoms with E-state index in [9.17, 15) is 9.59 Å². The van der Waals surface area contributed by atoms with E-state index in [0.29, 0.717) is 16.4 Å². The zero-order chi connectivity index (χ0) is 23.5. The van der Waals surface area contributed by atoms with Gasteiger partial charge in [-0.3, -0.25) is 9.69 Å². The van der Waals surface area contributed by atoms with Crippen molar-refractivity contribution >= 4 is 52.6 Å². The maximum atomic E-state index is 13.3. The number of carbonyl (C=O) groups is 2. The van der Waals surface area contributed by atoms with Gasteiger partial charge in [-0.15, -0.1) is 12.4 Å². The number of benzene rings is 3. The van der Waals surface area contributed by atoms with Crippen molar-refractivity contribution in [3.63, 3.8) is 0 Å². The number of amides is 1. The summed E-state index contributed by atoms with van der Waals surface area (Å²) >= 11 is 1.33. The van der Waals surface area contributed by atoms with Crippen LogP contribution in [0.15, 0.2) is 96.0 Å². The molecule has 0 spiro atoms. The van der Waals surface area contributed by atoms with E-state index in [2.05, 4.69) is 0 Å². The molecule has 0 aliphatic carbocycles. The second-order valence-corrected chi connectivity index (χ2v) is 8.68.